The van der Waals surface area contributed by atoms with Gasteiger partial charge in [0, 0.05) is 20.0 Å². The van der Waals surface area contributed by atoms with Crippen LogP contribution in [-0.4, -0.2) is 266 Å². The van der Waals surface area contributed by atoms with Crippen LogP contribution in [0.1, 0.15) is 66.2 Å². The zero-order chi connectivity index (χ0) is 55.6. The van der Waals surface area contributed by atoms with Crippen molar-refractivity contribution >= 4 is 53.2 Å². The Hall–Kier alpha value is -5.25. The summed E-state index contributed by atoms with van der Waals surface area (Å²) in [6.45, 7) is 2.46. The molecule has 424 valence electrons. The molecular weight excluding hydrogens is 1000 g/mol. The Balaban J connectivity index is 1.38. The molecule has 5 aliphatic rings. The molecular formula is C45H74N10O20. The molecule has 0 aromatic heterocycles. The lowest BCUT2D eigenvalue weighted by molar-refractivity contribution is -0.347. The molecule has 9 amide bonds. The fourth-order valence-corrected chi connectivity index (χ4v) is 9.75. The van der Waals surface area contributed by atoms with Crippen molar-refractivity contribution in [1.82, 2.24) is 46.6 Å². The quantitative estimate of drug-likeness (QED) is 0.0479. The second kappa shape index (κ2) is 27.2. The van der Waals surface area contributed by atoms with Crippen molar-refractivity contribution in [3.8, 4) is 0 Å². The van der Waals surface area contributed by atoms with Crippen molar-refractivity contribution in [3.05, 3.63) is 0 Å². The summed E-state index contributed by atoms with van der Waals surface area (Å²) in [5, 5.41) is 87.9. The highest BCUT2D eigenvalue weighted by Crippen LogP contribution is 2.31. The Kier molecular flexibility index (Phi) is 22.0. The van der Waals surface area contributed by atoms with Gasteiger partial charge in [0.25, 0.3) is 0 Å². The number of carbonyl (C=O) groups excluding carboxylic acids is 9. The summed E-state index contributed by atoms with van der Waals surface area (Å²) in [6, 6.07) is -10.3. The molecule has 0 bridgehead atoms. The molecule has 0 spiro atoms. The first-order valence-electron chi connectivity index (χ1n) is 25.0. The van der Waals surface area contributed by atoms with E-state index in [0.717, 1.165) is 13.3 Å². The third kappa shape index (κ3) is 14.8. The molecule has 15 N–H and O–H groups in total. The van der Waals surface area contributed by atoms with E-state index in [-0.39, 0.29) is 25.9 Å². The van der Waals surface area contributed by atoms with Gasteiger partial charge < -0.3 is 102 Å². The van der Waals surface area contributed by atoms with Gasteiger partial charge in [-0.1, -0.05) is 0 Å². The number of likely N-dealkylation sites (tertiary alicyclic amines) is 3. The molecule has 5 fully saturated rings. The van der Waals surface area contributed by atoms with Gasteiger partial charge in [-0.3, -0.25) is 48.1 Å². The molecule has 12 unspecified atom stereocenters. The number of primary amides is 1. The first-order valence-corrected chi connectivity index (χ1v) is 25.0. The van der Waals surface area contributed by atoms with E-state index >= 15 is 0 Å². The van der Waals surface area contributed by atoms with Crippen LogP contribution in [0.3, 0.4) is 0 Å². The van der Waals surface area contributed by atoms with E-state index in [0.29, 0.717) is 25.8 Å². The number of aliphatic hydroxyl groups is 7. The van der Waals surface area contributed by atoms with Crippen molar-refractivity contribution in [1.29, 1.82) is 0 Å². The van der Waals surface area contributed by atoms with Crippen LogP contribution in [0.15, 0.2) is 0 Å². The molecule has 30 heteroatoms. The standard InChI is InChI=1S/C45H74N10O20/c1-19(37(46)65)48-40(68)25-10-7-13-54(25)43(71)26-11-8-14-55(26)42(70)20(2)49-41(69)30(52-38(66)23(16-56)51-29(60)15-47-39(67)24-9-6-12-53(24)5)21(3)72-44-31(50-22(4)59)36(33(62)28(18-58)73-44)75-45-35(64)34(63)32(61)27(17-57)74-45/h19-21,23-28,30-36,44-45,56-58,61-64H,6-18H2,1-5H3,(H2,46,65)(H,47,67)(H,48,68)(H,49,69)(H,50,59)(H,51,60)(H,52,66)/t19?,20?,21?,23?,24?,25?,26?,27?,28?,30?,31-,32-,33-,34?,35-,36?,44-,45-/m0/s1. The van der Waals surface area contributed by atoms with Gasteiger partial charge in [-0.05, 0) is 72.9 Å². The second-order valence-corrected chi connectivity index (χ2v) is 19.5. The van der Waals surface area contributed by atoms with Crippen molar-refractivity contribution in [2.24, 2.45) is 5.73 Å². The molecule has 0 aromatic rings. The van der Waals surface area contributed by atoms with Crippen LogP contribution in [0.25, 0.3) is 0 Å². The fourth-order valence-electron chi connectivity index (χ4n) is 9.75. The third-order valence-corrected chi connectivity index (χ3v) is 14.0. The van der Waals surface area contributed by atoms with Crippen molar-refractivity contribution < 1.29 is 97.8 Å². The minimum atomic E-state index is -2.00. The van der Waals surface area contributed by atoms with Gasteiger partial charge in [0.15, 0.2) is 12.6 Å². The number of rotatable bonds is 22. The minimum absolute atomic E-state index is 0.0715. The summed E-state index contributed by atoms with van der Waals surface area (Å²) >= 11 is 0. The summed E-state index contributed by atoms with van der Waals surface area (Å²) in [5.41, 5.74) is 5.31. The van der Waals surface area contributed by atoms with Gasteiger partial charge in [-0.2, -0.15) is 0 Å². The van der Waals surface area contributed by atoms with Gasteiger partial charge in [0.2, 0.25) is 53.2 Å². The number of nitrogens with zero attached hydrogens (tertiary/aromatic N) is 3. The lowest BCUT2D eigenvalue weighted by Crippen LogP contribution is -2.69. The average molecular weight is 1080 g/mol. The normalized spacial score (nSPS) is 32.0. The van der Waals surface area contributed by atoms with Crippen molar-refractivity contribution in [2.45, 2.75) is 176 Å². The Morgan fingerprint density at radius 2 is 1.28 bits per heavy atom. The van der Waals surface area contributed by atoms with Crippen LogP contribution in [0.4, 0.5) is 0 Å². The Labute approximate surface area is 431 Å². The molecule has 5 aliphatic heterocycles. The number of nitrogens with two attached hydrogens (primary N) is 1. The molecule has 18 atom stereocenters. The van der Waals surface area contributed by atoms with Crippen molar-refractivity contribution in [3.63, 3.8) is 0 Å². The fraction of sp³-hybridized carbons (Fsp3) is 0.800. The number of amides is 9. The molecule has 5 rings (SSSR count). The Morgan fingerprint density at radius 3 is 1.88 bits per heavy atom. The Morgan fingerprint density at radius 1 is 0.680 bits per heavy atom. The van der Waals surface area contributed by atoms with Gasteiger partial charge in [-0.15, -0.1) is 0 Å². The number of hydrogen-bond acceptors (Lipinski definition) is 21. The predicted octanol–water partition coefficient (Wildman–Crippen LogP) is -9.19. The number of aliphatic hydroxyl groups excluding tert-OH is 7. The monoisotopic (exact) mass is 1070 g/mol. The number of nitrogens with one attached hydrogen (secondary N) is 6. The molecule has 0 aromatic carbocycles. The number of hydrogen-bond donors (Lipinski definition) is 14. The van der Waals surface area contributed by atoms with E-state index in [1.165, 1.54) is 30.6 Å². The molecule has 0 saturated carbocycles. The van der Waals surface area contributed by atoms with E-state index in [4.69, 9.17) is 24.7 Å². The predicted molar refractivity (Wildman–Crippen MR) is 252 cm³/mol. The topological polar surface area (TPSA) is 440 Å². The van der Waals surface area contributed by atoms with Gasteiger partial charge >= 0.3 is 0 Å². The second-order valence-electron chi connectivity index (χ2n) is 19.5. The summed E-state index contributed by atoms with van der Waals surface area (Å²) < 4.78 is 23.4. The number of ether oxygens (including phenoxy) is 4. The largest absolute Gasteiger partial charge is 0.394 e. The molecule has 0 aliphatic carbocycles. The molecule has 5 saturated heterocycles. The highest BCUT2D eigenvalue weighted by atomic mass is 16.7. The zero-order valence-electron chi connectivity index (χ0n) is 42.4. The van der Waals surface area contributed by atoms with Crippen LogP contribution in [0.5, 0.6) is 0 Å². The smallest absolute Gasteiger partial charge is 0.246 e. The maximum absolute atomic E-state index is 14.5. The summed E-state index contributed by atoms with van der Waals surface area (Å²) in [4.78, 5) is 124. The average Bonchev–Trinajstić information content (AvgIpc) is 4.17. The maximum Gasteiger partial charge on any atom is 0.246 e. The third-order valence-electron chi connectivity index (χ3n) is 14.0. The van der Waals surface area contributed by atoms with E-state index in [2.05, 4.69) is 31.9 Å². The summed E-state index contributed by atoms with van der Waals surface area (Å²) in [6.07, 6.45) is -15.2. The van der Waals surface area contributed by atoms with E-state index < -0.39 is 189 Å². The van der Waals surface area contributed by atoms with Crippen LogP contribution in [0.2, 0.25) is 0 Å². The molecule has 75 heavy (non-hydrogen) atoms. The SMILES string of the molecule is CC(=O)N[C@H]1C(O[C@@H]2OC(CO)[C@H](O)C(O)[C@@H]2O)[C@@H](O)C(CO)O[C@@H]1OC(C)C(NC(=O)C(CO)NC(=O)CNC(=O)C1CCCN1C)C(=O)NC(C)C(=O)N1CCCC1C(=O)N1CCCC1C(=O)NC(C)C(N)=O. The first kappa shape index (κ1) is 60.6. The van der Waals surface area contributed by atoms with Gasteiger partial charge in [-0.25, -0.2) is 0 Å². The first-order chi connectivity index (χ1) is 35.4. The minimum Gasteiger partial charge on any atom is -0.394 e. The van der Waals surface area contributed by atoms with Gasteiger partial charge in [0.1, 0.15) is 85.0 Å². The van der Waals surface area contributed by atoms with E-state index in [9.17, 15) is 78.9 Å². The summed E-state index contributed by atoms with van der Waals surface area (Å²) in [5.74, 6) is -7.11. The number of likely N-dealkylation sites (N-methyl/N-ethyl adjacent to an activating group) is 1. The van der Waals surface area contributed by atoms with E-state index in [1.807, 2.05) is 4.90 Å². The summed E-state index contributed by atoms with van der Waals surface area (Å²) in [7, 11) is 1.75. The van der Waals surface area contributed by atoms with Crippen LogP contribution in [0, 0.1) is 0 Å². The lowest BCUT2D eigenvalue weighted by Gasteiger charge is -2.48. The Bertz CT molecular complexity index is 2060. The van der Waals surface area contributed by atoms with Crippen LogP contribution < -0.4 is 37.6 Å². The highest BCUT2D eigenvalue weighted by Gasteiger charge is 2.53. The van der Waals surface area contributed by atoms with Crippen molar-refractivity contribution in [2.75, 3.05) is 53.0 Å². The molecule has 0 radical (unpaired) electrons. The lowest BCUT2D eigenvalue weighted by atomic mass is 9.95. The molecule has 30 nitrogen and oxygen atoms in total. The molecule has 5 heterocycles. The highest BCUT2D eigenvalue weighted by molar-refractivity contribution is 5.98. The van der Waals surface area contributed by atoms with Crippen LogP contribution >= 0.6 is 0 Å². The maximum atomic E-state index is 14.5. The van der Waals surface area contributed by atoms with E-state index in [1.54, 1.807) is 7.05 Å². The number of carbonyl (C=O) groups is 9. The zero-order valence-corrected chi connectivity index (χ0v) is 42.4. The van der Waals surface area contributed by atoms with Gasteiger partial charge in [0.05, 0.1) is 38.5 Å². The van der Waals surface area contributed by atoms with Crippen LogP contribution in [-0.2, 0) is 62.1 Å².